The van der Waals surface area contributed by atoms with Gasteiger partial charge in [0.25, 0.3) is 0 Å². The first-order valence-corrected chi connectivity index (χ1v) is 10.1. The van der Waals surface area contributed by atoms with Gasteiger partial charge in [-0.2, -0.15) is 5.10 Å². The lowest BCUT2D eigenvalue weighted by Gasteiger charge is -2.01. The Balaban J connectivity index is 1.84. The number of thiophene rings is 1. The van der Waals surface area contributed by atoms with Crippen molar-refractivity contribution in [3.05, 3.63) is 62.4 Å². The van der Waals surface area contributed by atoms with E-state index in [9.17, 15) is 0 Å². The van der Waals surface area contributed by atoms with E-state index < -0.39 is 0 Å². The average molecular weight is 382 g/mol. The van der Waals surface area contributed by atoms with Gasteiger partial charge in [0, 0.05) is 26.6 Å². The third-order valence-corrected chi connectivity index (χ3v) is 5.56. The molecule has 0 radical (unpaired) electrons. The van der Waals surface area contributed by atoms with Gasteiger partial charge in [-0.05, 0) is 45.0 Å². The fourth-order valence-corrected chi connectivity index (χ4v) is 4.33. The van der Waals surface area contributed by atoms with Crippen LogP contribution in [0.2, 0.25) is 0 Å². The van der Waals surface area contributed by atoms with Crippen LogP contribution in [-0.2, 0) is 0 Å². The van der Waals surface area contributed by atoms with Gasteiger partial charge in [-0.3, -0.25) is 4.99 Å². The molecule has 0 fully saturated rings. The molecule has 132 valence electrons. The number of hydrogen-bond acceptors (Lipinski definition) is 5. The monoisotopic (exact) mass is 381 g/mol. The number of para-hydroxylation sites is 1. The molecule has 0 amide bonds. The Kier molecular flexibility index (Phi) is 4.61. The Labute approximate surface area is 159 Å². The molecule has 0 spiro atoms. The predicted molar refractivity (Wildman–Crippen MR) is 110 cm³/mol. The first kappa shape index (κ1) is 17.0. The minimum Gasteiger partial charge on any atom is -0.454 e. The molecule has 4 aromatic rings. The van der Waals surface area contributed by atoms with E-state index in [0.717, 1.165) is 32.1 Å². The molecule has 0 atom stereocenters. The molecule has 0 aliphatic carbocycles. The lowest BCUT2D eigenvalue weighted by atomic mass is 10.2. The van der Waals surface area contributed by atoms with Crippen molar-refractivity contribution < 1.29 is 4.42 Å². The summed E-state index contributed by atoms with van der Waals surface area (Å²) in [6.45, 7) is 6.23. The van der Waals surface area contributed by atoms with Crippen LogP contribution in [0.25, 0.3) is 22.4 Å². The van der Waals surface area contributed by atoms with Gasteiger partial charge in [-0.25, -0.2) is 4.68 Å². The van der Waals surface area contributed by atoms with Crippen molar-refractivity contribution in [1.29, 1.82) is 0 Å². The van der Waals surface area contributed by atoms with E-state index in [1.54, 1.807) is 22.7 Å². The summed E-state index contributed by atoms with van der Waals surface area (Å²) in [7, 11) is 0. The van der Waals surface area contributed by atoms with Crippen LogP contribution >= 0.6 is 22.7 Å². The molecule has 0 N–H and O–H groups in total. The number of furan rings is 1. The summed E-state index contributed by atoms with van der Waals surface area (Å²) in [6.07, 6.45) is 1.88. The van der Waals surface area contributed by atoms with Crippen LogP contribution < -0.4 is 4.80 Å². The van der Waals surface area contributed by atoms with Crippen molar-refractivity contribution in [1.82, 2.24) is 4.68 Å². The van der Waals surface area contributed by atoms with E-state index in [2.05, 4.69) is 50.4 Å². The van der Waals surface area contributed by atoms with Gasteiger partial charge >= 0.3 is 0 Å². The zero-order chi connectivity index (χ0) is 18.1. The van der Waals surface area contributed by atoms with E-state index >= 15 is 0 Å². The van der Waals surface area contributed by atoms with Gasteiger partial charge in [0.1, 0.15) is 11.3 Å². The average Bonchev–Trinajstić information content (AvgIpc) is 3.30. The lowest BCUT2D eigenvalue weighted by Crippen LogP contribution is -2.14. The van der Waals surface area contributed by atoms with Crippen molar-refractivity contribution in [2.75, 3.05) is 0 Å². The Hall–Kier alpha value is -2.44. The highest BCUT2D eigenvalue weighted by molar-refractivity contribution is 7.13. The molecule has 3 aromatic heterocycles. The molecule has 1 aromatic carbocycles. The van der Waals surface area contributed by atoms with E-state index in [1.807, 2.05) is 29.1 Å². The van der Waals surface area contributed by atoms with Crippen molar-refractivity contribution in [2.24, 2.45) is 10.1 Å². The highest BCUT2D eigenvalue weighted by Crippen LogP contribution is 2.28. The molecule has 0 saturated carbocycles. The summed E-state index contributed by atoms with van der Waals surface area (Å²) < 4.78 is 7.91. The Bertz CT molecular complexity index is 1110. The minimum absolute atomic E-state index is 0.197. The van der Waals surface area contributed by atoms with Crippen molar-refractivity contribution in [2.45, 2.75) is 26.8 Å². The van der Waals surface area contributed by atoms with Crippen LogP contribution in [-0.4, -0.2) is 16.9 Å². The van der Waals surface area contributed by atoms with Crippen LogP contribution in [0.1, 0.15) is 23.6 Å². The third-order valence-electron chi connectivity index (χ3n) is 3.79. The van der Waals surface area contributed by atoms with E-state index in [1.165, 1.54) is 4.88 Å². The second-order valence-electron chi connectivity index (χ2n) is 6.28. The summed E-state index contributed by atoms with van der Waals surface area (Å²) >= 11 is 3.30. The van der Waals surface area contributed by atoms with Gasteiger partial charge < -0.3 is 4.42 Å². The van der Waals surface area contributed by atoms with E-state index in [4.69, 9.17) is 14.5 Å². The molecular weight excluding hydrogens is 362 g/mol. The highest BCUT2D eigenvalue weighted by atomic mass is 32.1. The Morgan fingerprint density at radius 1 is 1.15 bits per heavy atom. The number of benzene rings is 1. The molecule has 0 saturated heterocycles. The van der Waals surface area contributed by atoms with E-state index in [0.29, 0.717) is 0 Å². The van der Waals surface area contributed by atoms with E-state index in [-0.39, 0.29) is 6.04 Å². The van der Waals surface area contributed by atoms with Gasteiger partial charge in [0.05, 0.1) is 6.21 Å². The fourth-order valence-electron chi connectivity index (χ4n) is 2.64. The first-order chi connectivity index (χ1) is 12.6. The second kappa shape index (κ2) is 7.05. The van der Waals surface area contributed by atoms with Crippen LogP contribution in [0, 0.1) is 6.92 Å². The standard InChI is InChI=1S/C20H19N3OS2/c1-13(2)22-20-23(21-11-16-9-8-14(3)26-16)17(12-25-20)19-10-15-6-4-5-7-18(15)24-19/h4-13H,1-3H3. The minimum atomic E-state index is 0.197. The number of nitrogens with zero attached hydrogens (tertiary/aromatic N) is 3. The Morgan fingerprint density at radius 3 is 2.73 bits per heavy atom. The largest absolute Gasteiger partial charge is 0.454 e. The fraction of sp³-hybridized carbons (Fsp3) is 0.200. The third kappa shape index (κ3) is 3.43. The van der Waals surface area contributed by atoms with Gasteiger partial charge in [-0.15, -0.1) is 22.7 Å². The highest BCUT2D eigenvalue weighted by Gasteiger charge is 2.13. The van der Waals surface area contributed by atoms with Gasteiger partial charge in [-0.1, -0.05) is 18.2 Å². The number of fused-ring (bicyclic) bond motifs is 1. The maximum Gasteiger partial charge on any atom is 0.206 e. The second-order valence-corrected chi connectivity index (χ2v) is 8.44. The number of aromatic nitrogens is 1. The lowest BCUT2D eigenvalue weighted by molar-refractivity contribution is 0.620. The van der Waals surface area contributed by atoms with Gasteiger partial charge in [0.15, 0.2) is 5.76 Å². The zero-order valence-electron chi connectivity index (χ0n) is 14.8. The van der Waals surface area contributed by atoms with Crippen LogP contribution in [0.5, 0.6) is 0 Å². The quantitative estimate of drug-likeness (QED) is 0.429. The van der Waals surface area contributed by atoms with Crippen molar-refractivity contribution in [3.63, 3.8) is 0 Å². The number of hydrogen-bond donors (Lipinski definition) is 0. The molecule has 0 bridgehead atoms. The summed E-state index contributed by atoms with van der Waals surface area (Å²) in [5.41, 5.74) is 1.79. The summed E-state index contributed by atoms with van der Waals surface area (Å²) in [5.74, 6) is 0.798. The number of thiazole rings is 1. The molecule has 0 aliphatic heterocycles. The molecule has 3 heterocycles. The van der Waals surface area contributed by atoms with Crippen LogP contribution in [0.4, 0.5) is 0 Å². The van der Waals surface area contributed by atoms with Crippen molar-refractivity contribution in [3.8, 4) is 11.5 Å². The maximum atomic E-state index is 6.04. The molecule has 0 aliphatic rings. The summed E-state index contributed by atoms with van der Waals surface area (Å²) in [5, 5.41) is 7.84. The molecule has 4 rings (SSSR count). The van der Waals surface area contributed by atoms with Gasteiger partial charge in [0.2, 0.25) is 4.80 Å². The maximum absolute atomic E-state index is 6.04. The summed E-state index contributed by atoms with van der Waals surface area (Å²) in [4.78, 5) is 7.96. The molecule has 26 heavy (non-hydrogen) atoms. The molecular formula is C20H19N3OS2. The number of aryl methyl sites for hydroxylation is 1. The van der Waals surface area contributed by atoms with Crippen molar-refractivity contribution >= 4 is 39.9 Å². The zero-order valence-corrected chi connectivity index (χ0v) is 16.5. The normalized spacial score (nSPS) is 12.8. The van der Waals surface area contributed by atoms with Crippen LogP contribution in [0.15, 0.2) is 62.4 Å². The summed E-state index contributed by atoms with van der Waals surface area (Å²) in [6, 6.07) is 14.5. The molecule has 4 nitrogen and oxygen atoms in total. The first-order valence-electron chi connectivity index (χ1n) is 8.44. The predicted octanol–water partition coefficient (Wildman–Crippen LogP) is 5.52. The SMILES string of the molecule is Cc1ccc(C=Nn2c(-c3cc4ccccc4o3)csc2=NC(C)C)s1. The smallest absolute Gasteiger partial charge is 0.206 e. The Morgan fingerprint density at radius 2 is 2.00 bits per heavy atom. The molecule has 0 unspecified atom stereocenters. The topological polar surface area (TPSA) is 42.8 Å². The molecule has 6 heteroatoms. The van der Waals surface area contributed by atoms with Crippen LogP contribution in [0.3, 0.4) is 0 Å². The number of rotatable bonds is 4.